The molecule has 0 aliphatic carbocycles. The Labute approximate surface area is 76.3 Å². The van der Waals surface area contributed by atoms with Crippen molar-refractivity contribution >= 4 is 5.97 Å². The summed E-state index contributed by atoms with van der Waals surface area (Å²) in [4.78, 5) is 10.8. The second-order valence-corrected chi connectivity index (χ2v) is 3.39. The molecule has 2 N–H and O–H groups in total. The van der Waals surface area contributed by atoms with Gasteiger partial charge in [0.1, 0.15) is 0 Å². The second kappa shape index (κ2) is 3.61. The zero-order chi connectivity index (χ0) is 10.1. The molecule has 1 rings (SSSR count). The molecule has 1 heterocycles. The van der Waals surface area contributed by atoms with E-state index in [1.807, 2.05) is 0 Å². The van der Waals surface area contributed by atoms with Crippen molar-refractivity contribution in [2.75, 3.05) is 7.11 Å². The highest BCUT2D eigenvalue weighted by Gasteiger charge is 2.44. The predicted octanol–water partition coefficient (Wildman–Crippen LogP) is -0.387. The third-order valence-electron chi connectivity index (χ3n) is 2.12. The third kappa shape index (κ3) is 2.40. The highest BCUT2D eigenvalue weighted by atomic mass is 16.7. The van der Waals surface area contributed by atoms with E-state index in [0.717, 1.165) is 0 Å². The molecule has 1 aliphatic rings. The minimum absolute atomic E-state index is 0.172. The van der Waals surface area contributed by atoms with Gasteiger partial charge >= 0.3 is 5.97 Å². The molecule has 1 saturated heterocycles. The zero-order valence-corrected chi connectivity index (χ0v) is 7.69. The van der Waals surface area contributed by atoms with Crippen LogP contribution in [-0.2, 0) is 14.3 Å². The maximum Gasteiger partial charge on any atom is 0.310 e. The first-order valence-electron chi connectivity index (χ1n) is 4.12. The van der Waals surface area contributed by atoms with Gasteiger partial charge < -0.3 is 19.7 Å². The molecule has 0 aromatic heterocycles. The van der Waals surface area contributed by atoms with Crippen LogP contribution in [0.4, 0.5) is 0 Å². The number of carbonyl (C=O) groups excluding carboxylic acids is 1. The number of esters is 1. The normalized spacial score (nSPS) is 39.1. The molecule has 76 valence electrons. The molecule has 1 fully saturated rings. The number of rotatable bonds is 2. The Balaban J connectivity index is 2.54. The van der Waals surface area contributed by atoms with E-state index in [4.69, 9.17) is 4.74 Å². The largest absolute Gasteiger partial charge is 0.469 e. The lowest BCUT2D eigenvalue weighted by Crippen LogP contribution is -2.32. The van der Waals surface area contributed by atoms with Crippen molar-refractivity contribution < 1.29 is 24.5 Å². The van der Waals surface area contributed by atoms with Gasteiger partial charge in [-0.05, 0) is 0 Å². The fraction of sp³-hybridized carbons (Fsp3) is 0.875. The lowest BCUT2D eigenvalue weighted by Gasteiger charge is -2.19. The van der Waals surface area contributed by atoms with Crippen molar-refractivity contribution in [3.63, 3.8) is 0 Å². The maximum atomic E-state index is 10.8. The number of aliphatic hydroxyl groups excluding tert-OH is 1. The minimum atomic E-state index is -1.56. The molecule has 0 amide bonds. The first kappa shape index (κ1) is 10.4. The molecule has 0 aromatic carbocycles. The van der Waals surface area contributed by atoms with E-state index in [0.29, 0.717) is 0 Å². The number of hydrogen-bond donors (Lipinski definition) is 2. The van der Waals surface area contributed by atoms with Gasteiger partial charge in [-0.2, -0.15) is 0 Å². The number of methoxy groups -OCH3 is 1. The van der Waals surface area contributed by atoms with Crippen LogP contribution in [0.25, 0.3) is 0 Å². The lowest BCUT2D eigenvalue weighted by atomic mass is 10.0. The van der Waals surface area contributed by atoms with Gasteiger partial charge in [0.15, 0.2) is 12.1 Å². The summed E-state index contributed by atoms with van der Waals surface area (Å²) in [5.74, 6) is -2.29. The molecule has 1 aliphatic heterocycles. The molecular formula is C8H14O5. The van der Waals surface area contributed by atoms with E-state index in [-0.39, 0.29) is 18.8 Å². The van der Waals surface area contributed by atoms with Crippen molar-refractivity contribution in [2.24, 2.45) is 5.92 Å². The Morgan fingerprint density at radius 3 is 2.77 bits per heavy atom. The lowest BCUT2D eigenvalue weighted by molar-refractivity contribution is -0.241. The third-order valence-corrected chi connectivity index (χ3v) is 2.12. The van der Waals surface area contributed by atoms with Gasteiger partial charge in [-0.25, -0.2) is 0 Å². The van der Waals surface area contributed by atoms with Gasteiger partial charge in [-0.1, -0.05) is 6.92 Å². The summed E-state index contributed by atoms with van der Waals surface area (Å²) in [6.07, 6.45) is -1.01. The predicted molar refractivity (Wildman–Crippen MR) is 42.5 cm³/mol. The molecule has 0 spiro atoms. The first-order chi connectivity index (χ1) is 5.97. The standard InChI is InChI=1S/C8H14O5/c1-5-3-8(11,13-7(5)10)4-6(9)12-2/h5,7,10-11H,3-4H2,1-2H3/t5-,7?,8+/m0/s1. The van der Waals surface area contributed by atoms with Crippen LogP contribution in [0.1, 0.15) is 19.8 Å². The number of hydrogen-bond acceptors (Lipinski definition) is 5. The Kier molecular flexibility index (Phi) is 2.90. The Bertz CT molecular complexity index is 193. The van der Waals surface area contributed by atoms with Crippen LogP contribution in [0.3, 0.4) is 0 Å². The van der Waals surface area contributed by atoms with Crippen molar-refractivity contribution in [3.05, 3.63) is 0 Å². The molecule has 0 aromatic rings. The fourth-order valence-electron chi connectivity index (χ4n) is 1.40. The molecule has 0 radical (unpaired) electrons. The molecule has 5 nitrogen and oxygen atoms in total. The van der Waals surface area contributed by atoms with Crippen LogP contribution in [0.2, 0.25) is 0 Å². The van der Waals surface area contributed by atoms with E-state index < -0.39 is 18.0 Å². The molecule has 1 unspecified atom stereocenters. The van der Waals surface area contributed by atoms with Crippen LogP contribution < -0.4 is 0 Å². The van der Waals surface area contributed by atoms with E-state index in [1.54, 1.807) is 6.92 Å². The van der Waals surface area contributed by atoms with Crippen molar-refractivity contribution in [2.45, 2.75) is 31.8 Å². The number of aliphatic hydroxyl groups is 2. The van der Waals surface area contributed by atoms with E-state index in [2.05, 4.69) is 4.74 Å². The van der Waals surface area contributed by atoms with Crippen molar-refractivity contribution in [1.29, 1.82) is 0 Å². The van der Waals surface area contributed by atoms with Crippen LogP contribution in [0.15, 0.2) is 0 Å². The van der Waals surface area contributed by atoms with Crippen molar-refractivity contribution in [1.82, 2.24) is 0 Å². The highest BCUT2D eigenvalue weighted by Crippen LogP contribution is 2.34. The molecule has 13 heavy (non-hydrogen) atoms. The van der Waals surface area contributed by atoms with Gasteiger partial charge in [0.2, 0.25) is 0 Å². The SMILES string of the molecule is COC(=O)C[C@@]1(O)C[C@H](C)C(O)O1. The Morgan fingerprint density at radius 2 is 2.38 bits per heavy atom. The quantitative estimate of drug-likeness (QED) is 0.580. The molecule has 3 atom stereocenters. The van der Waals surface area contributed by atoms with Gasteiger partial charge in [0, 0.05) is 12.3 Å². The molecule has 0 bridgehead atoms. The Morgan fingerprint density at radius 1 is 1.77 bits per heavy atom. The summed E-state index contributed by atoms with van der Waals surface area (Å²) >= 11 is 0. The average molecular weight is 190 g/mol. The van der Waals surface area contributed by atoms with E-state index in [1.165, 1.54) is 7.11 Å². The van der Waals surface area contributed by atoms with Gasteiger partial charge in [-0.15, -0.1) is 0 Å². The molecular weight excluding hydrogens is 176 g/mol. The number of carbonyl (C=O) groups is 1. The second-order valence-electron chi connectivity index (χ2n) is 3.39. The van der Waals surface area contributed by atoms with E-state index in [9.17, 15) is 15.0 Å². The maximum absolute atomic E-state index is 10.8. The topological polar surface area (TPSA) is 76.0 Å². The fourth-order valence-corrected chi connectivity index (χ4v) is 1.40. The van der Waals surface area contributed by atoms with Crippen LogP contribution >= 0.6 is 0 Å². The molecule has 0 saturated carbocycles. The van der Waals surface area contributed by atoms with Crippen LogP contribution in [-0.4, -0.2) is 35.4 Å². The summed E-state index contributed by atoms with van der Waals surface area (Å²) in [5.41, 5.74) is 0. The average Bonchev–Trinajstić information content (AvgIpc) is 2.25. The van der Waals surface area contributed by atoms with Gasteiger partial charge in [-0.3, -0.25) is 4.79 Å². The first-order valence-corrected chi connectivity index (χ1v) is 4.12. The monoisotopic (exact) mass is 190 g/mol. The highest BCUT2D eigenvalue weighted by molar-refractivity contribution is 5.70. The zero-order valence-electron chi connectivity index (χ0n) is 7.69. The number of ether oxygens (including phenoxy) is 2. The summed E-state index contributed by atoms with van der Waals surface area (Å²) < 4.78 is 9.23. The minimum Gasteiger partial charge on any atom is -0.469 e. The van der Waals surface area contributed by atoms with Gasteiger partial charge in [0.05, 0.1) is 13.5 Å². The summed E-state index contributed by atoms with van der Waals surface area (Å²) in [7, 11) is 1.24. The smallest absolute Gasteiger partial charge is 0.310 e. The Hall–Kier alpha value is -0.650. The van der Waals surface area contributed by atoms with Crippen molar-refractivity contribution in [3.8, 4) is 0 Å². The van der Waals surface area contributed by atoms with E-state index >= 15 is 0 Å². The summed E-state index contributed by atoms with van der Waals surface area (Å²) in [5, 5.41) is 18.8. The molecule has 5 heteroatoms. The summed E-state index contributed by atoms with van der Waals surface area (Å²) in [6, 6.07) is 0. The van der Waals surface area contributed by atoms with Crippen LogP contribution in [0, 0.1) is 5.92 Å². The van der Waals surface area contributed by atoms with Gasteiger partial charge in [0.25, 0.3) is 0 Å². The summed E-state index contributed by atoms with van der Waals surface area (Å²) in [6.45, 7) is 1.74. The van der Waals surface area contributed by atoms with Crippen LogP contribution in [0.5, 0.6) is 0 Å².